The average molecular weight is 535 g/mol. The Morgan fingerprint density at radius 2 is 1.66 bits per heavy atom. The number of piperidine rings is 1. The monoisotopic (exact) mass is 534 g/mol. The van der Waals surface area contributed by atoms with Crippen LogP contribution in [0.4, 0.5) is 4.79 Å². The summed E-state index contributed by atoms with van der Waals surface area (Å²) < 4.78 is 5.46. The molecule has 214 valence electrons. The van der Waals surface area contributed by atoms with E-state index in [1.54, 1.807) is 6.92 Å². The first-order valence-electron chi connectivity index (χ1n) is 13.9. The van der Waals surface area contributed by atoms with Gasteiger partial charge in [-0.15, -0.1) is 0 Å². The van der Waals surface area contributed by atoms with Crippen LogP contribution < -0.4 is 16.4 Å². The zero-order valence-electron chi connectivity index (χ0n) is 24.1. The van der Waals surface area contributed by atoms with Gasteiger partial charge in [0.15, 0.2) is 0 Å². The molecule has 10 nitrogen and oxygen atoms in total. The molecule has 0 aromatic heterocycles. The van der Waals surface area contributed by atoms with Gasteiger partial charge in [-0.25, -0.2) is 4.79 Å². The van der Waals surface area contributed by atoms with E-state index in [2.05, 4.69) is 24.5 Å². The predicted octanol–water partition coefficient (Wildman–Crippen LogP) is 2.38. The highest BCUT2D eigenvalue weighted by Crippen LogP contribution is 2.65. The Labute approximate surface area is 226 Å². The first-order valence-corrected chi connectivity index (χ1v) is 13.9. The largest absolute Gasteiger partial charge is 0.446 e. The number of carbonyl (C=O) groups excluding carboxylic acids is 5. The Kier molecular flexibility index (Phi) is 8.53. The summed E-state index contributed by atoms with van der Waals surface area (Å²) in [6.45, 7) is 15.7. The second-order valence-corrected chi connectivity index (χ2v) is 13.5. The van der Waals surface area contributed by atoms with E-state index >= 15 is 0 Å². The lowest BCUT2D eigenvalue weighted by Gasteiger charge is -2.38. The Morgan fingerprint density at radius 1 is 1.05 bits per heavy atom. The van der Waals surface area contributed by atoms with Crippen molar-refractivity contribution in [3.63, 3.8) is 0 Å². The van der Waals surface area contributed by atoms with E-state index in [0.717, 1.165) is 19.3 Å². The zero-order chi connectivity index (χ0) is 28.7. The number of likely N-dealkylation sites (tertiary alicyclic amines) is 1. The third kappa shape index (κ3) is 6.15. The Balaban J connectivity index is 1.82. The van der Waals surface area contributed by atoms with Gasteiger partial charge in [0.2, 0.25) is 17.6 Å². The van der Waals surface area contributed by atoms with E-state index in [9.17, 15) is 24.0 Å². The number of alkyl carbamates (subject to hydrolysis) is 1. The smallest absolute Gasteiger partial charge is 0.408 e. The van der Waals surface area contributed by atoms with Gasteiger partial charge < -0.3 is 26.0 Å². The molecule has 38 heavy (non-hydrogen) atoms. The van der Waals surface area contributed by atoms with Gasteiger partial charge in [0, 0.05) is 6.54 Å². The van der Waals surface area contributed by atoms with Crippen molar-refractivity contribution in [1.29, 1.82) is 0 Å². The second kappa shape index (κ2) is 10.8. The molecule has 2 saturated carbocycles. The number of primary amides is 1. The van der Waals surface area contributed by atoms with E-state index in [0.29, 0.717) is 13.0 Å². The van der Waals surface area contributed by atoms with Crippen LogP contribution in [0, 0.1) is 34.5 Å². The number of rotatable bonds is 10. The fraction of sp³-hybridized carbons (Fsp3) is 0.821. The van der Waals surface area contributed by atoms with Gasteiger partial charge in [-0.2, -0.15) is 0 Å². The number of hydrogen-bond donors (Lipinski definition) is 3. The summed E-state index contributed by atoms with van der Waals surface area (Å²) in [6.07, 6.45) is 2.28. The number of Topliss-reactive ketones (excluding diaryl/α,β-unsaturated/α-hetero) is 1. The summed E-state index contributed by atoms with van der Waals surface area (Å²) in [5.74, 6) is -2.33. The lowest BCUT2D eigenvalue weighted by Crippen LogP contribution is -2.60. The molecule has 5 unspecified atom stereocenters. The SMILES string of the molecule is CC(C)C(C)OC(=O)N[C@H](C(=O)N1CC2C(C1C(=O)NC(CC1CCC1)C(=O)C(N)=O)C2(C)C)C(C)(C)C. The van der Waals surface area contributed by atoms with Gasteiger partial charge in [-0.1, -0.05) is 67.7 Å². The lowest BCUT2D eigenvalue weighted by molar-refractivity contribution is -0.145. The molecule has 2 aliphatic carbocycles. The summed E-state index contributed by atoms with van der Waals surface area (Å²) >= 11 is 0. The van der Waals surface area contributed by atoms with Crippen LogP contribution in [0.3, 0.4) is 0 Å². The van der Waals surface area contributed by atoms with Crippen molar-refractivity contribution < 1.29 is 28.7 Å². The highest BCUT2D eigenvalue weighted by atomic mass is 16.6. The van der Waals surface area contributed by atoms with Crippen LogP contribution in [0.5, 0.6) is 0 Å². The molecule has 0 aromatic carbocycles. The summed E-state index contributed by atoms with van der Waals surface area (Å²) in [6, 6.07) is -2.75. The molecule has 3 aliphatic rings. The molecule has 6 atom stereocenters. The average Bonchev–Trinajstić information content (AvgIpc) is 3.10. The number of amides is 4. The molecule has 1 aliphatic heterocycles. The molecule has 0 spiro atoms. The number of hydrogen-bond acceptors (Lipinski definition) is 6. The third-order valence-electron chi connectivity index (χ3n) is 9.04. The number of fused-ring (bicyclic) bond motifs is 1. The van der Waals surface area contributed by atoms with Crippen LogP contribution in [0.1, 0.15) is 81.1 Å². The number of nitrogens with zero attached hydrogens (tertiary/aromatic N) is 1. The molecule has 0 bridgehead atoms. The minimum absolute atomic E-state index is 0.0898. The van der Waals surface area contributed by atoms with Crippen molar-refractivity contribution in [2.45, 2.75) is 105 Å². The van der Waals surface area contributed by atoms with Crippen molar-refractivity contribution >= 4 is 29.6 Å². The van der Waals surface area contributed by atoms with Crippen molar-refractivity contribution in [2.24, 2.45) is 40.2 Å². The fourth-order valence-corrected chi connectivity index (χ4v) is 5.81. The van der Waals surface area contributed by atoms with E-state index < -0.39 is 47.2 Å². The van der Waals surface area contributed by atoms with Gasteiger partial charge in [0.05, 0.1) is 6.04 Å². The number of ketones is 1. The Hall–Kier alpha value is -2.65. The van der Waals surface area contributed by atoms with Gasteiger partial charge in [-0.3, -0.25) is 19.2 Å². The fourth-order valence-electron chi connectivity index (χ4n) is 5.81. The quantitative estimate of drug-likeness (QED) is 0.367. The third-order valence-corrected chi connectivity index (χ3v) is 9.04. The summed E-state index contributed by atoms with van der Waals surface area (Å²) in [5, 5.41) is 5.53. The Bertz CT molecular complexity index is 967. The molecule has 1 saturated heterocycles. The van der Waals surface area contributed by atoms with E-state index in [4.69, 9.17) is 10.5 Å². The molecule has 0 aromatic rings. The molecule has 10 heteroatoms. The van der Waals surface area contributed by atoms with Crippen molar-refractivity contribution in [1.82, 2.24) is 15.5 Å². The molecule has 4 amide bonds. The van der Waals surface area contributed by atoms with Crippen LogP contribution >= 0.6 is 0 Å². The summed E-state index contributed by atoms with van der Waals surface area (Å²) in [4.78, 5) is 66.1. The molecule has 4 N–H and O–H groups in total. The van der Waals surface area contributed by atoms with Crippen molar-refractivity contribution in [2.75, 3.05) is 6.54 Å². The normalized spacial score (nSPS) is 26.4. The molecule has 0 radical (unpaired) electrons. The zero-order valence-corrected chi connectivity index (χ0v) is 24.1. The van der Waals surface area contributed by atoms with Crippen LogP contribution in [-0.4, -0.2) is 65.3 Å². The highest BCUT2D eigenvalue weighted by Gasteiger charge is 2.70. The Morgan fingerprint density at radius 3 is 2.13 bits per heavy atom. The molecule has 3 fully saturated rings. The van der Waals surface area contributed by atoms with E-state index in [1.165, 1.54) is 4.90 Å². The van der Waals surface area contributed by atoms with Crippen molar-refractivity contribution in [3.8, 4) is 0 Å². The van der Waals surface area contributed by atoms with Gasteiger partial charge >= 0.3 is 6.09 Å². The maximum atomic E-state index is 13.9. The van der Waals surface area contributed by atoms with Gasteiger partial charge in [-0.05, 0) is 47.8 Å². The molecular formula is C28H46N4O6. The predicted molar refractivity (Wildman–Crippen MR) is 142 cm³/mol. The second-order valence-electron chi connectivity index (χ2n) is 13.5. The first kappa shape index (κ1) is 29.9. The number of ether oxygens (including phenoxy) is 1. The highest BCUT2D eigenvalue weighted by molar-refractivity contribution is 6.37. The molecule has 3 rings (SSSR count). The maximum Gasteiger partial charge on any atom is 0.408 e. The standard InChI is InChI=1S/C28H46N4O6/c1-14(2)15(3)38-26(37)31-22(27(4,5)6)25(36)32-13-17-19(28(17,7)8)20(32)24(35)30-18(21(33)23(29)34)12-16-10-9-11-16/h14-20,22H,9-13H2,1-8H3,(H2,29,34)(H,30,35)(H,31,37)/t15?,17?,18?,19?,20?,22-/m1/s1. The van der Waals surface area contributed by atoms with Crippen LogP contribution in [0.25, 0.3) is 0 Å². The van der Waals surface area contributed by atoms with Crippen LogP contribution in [0.2, 0.25) is 0 Å². The van der Waals surface area contributed by atoms with Gasteiger partial charge in [0.1, 0.15) is 18.2 Å². The number of nitrogens with one attached hydrogen (secondary N) is 2. The van der Waals surface area contributed by atoms with E-state index in [1.807, 2.05) is 34.6 Å². The minimum atomic E-state index is -1.08. The maximum absolute atomic E-state index is 13.9. The first-order chi connectivity index (χ1) is 17.5. The topological polar surface area (TPSA) is 148 Å². The van der Waals surface area contributed by atoms with Gasteiger partial charge in [0.25, 0.3) is 5.91 Å². The van der Waals surface area contributed by atoms with Crippen molar-refractivity contribution in [3.05, 3.63) is 0 Å². The van der Waals surface area contributed by atoms with Crippen LogP contribution in [0.15, 0.2) is 0 Å². The van der Waals surface area contributed by atoms with E-state index in [-0.39, 0.29) is 41.1 Å². The molecular weight excluding hydrogens is 488 g/mol. The number of nitrogens with two attached hydrogens (primary N) is 1. The minimum Gasteiger partial charge on any atom is -0.446 e. The van der Waals surface area contributed by atoms with Crippen LogP contribution in [-0.2, 0) is 23.9 Å². The number of carbonyl (C=O) groups is 5. The lowest BCUT2D eigenvalue weighted by atomic mass is 9.80. The molecule has 1 heterocycles. The summed E-state index contributed by atoms with van der Waals surface area (Å²) in [7, 11) is 0. The summed E-state index contributed by atoms with van der Waals surface area (Å²) in [5.41, 5.74) is 4.48.